The summed E-state index contributed by atoms with van der Waals surface area (Å²) < 4.78 is 0. The Morgan fingerprint density at radius 1 is 0.467 bits per heavy atom. The molecule has 0 aliphatic heterocycles. The molecule has 0 saturated heterocycles. The van der Waals surface area contributed by atoms with Crippen LogP contribution in [0.3, 0.4) is 0 Å². The first kappa shape index (κ1) is 32.4. The molecule has 184 valence electrons. The van der Waals surface area contributed by atoms with E-state index in [1.165, 1.54) is 141 Å². The van der Waals surface area contributed by atoms with Crippen LogP contribution in [0.4, 0.5) is 0 Å². The second-order valence-corrected chi connectivity index (χ2v) is 9.96. The summed E-state index contributed by atoms with van der Waals surface area (Å²) in [7, 11) is 0. The van der Waals surface area contributed by atoms with E-state index in [1.54, 1.807) is 0 Å². The van der Waals surface area contributed by atoms with Crippen molar-refractivity contribution in [3.63, 3.8) is 0 Å². The van der Waals surface area contributed by atoms with Crippen molar-refractivity contribution >= 4 is 12.4 Å². The van der Waals surface area contributed by atoms with E-state index in [0.29, 0.717) is 0 Å². The fourth-order valence-electron chi connectivity index (χ4n) is 4.95. The summed E-state index contributed by atoms with van der Waals surface area (Å²) in [6.07, 6.45) is 30.4. The molecule has 0 bridgehead atoms. The zero-order chi connectivity index (χ0) is 21.6. The van der Waals surface area contributed by atoms with Gasteiger partial charge in [-0.3, -0.25) is 0 Å². The molecule has 0 rings (SSSR count). The van der Waals surface area contributed by atoms with Gasteiger partial charge in [0.15, 0.2) is 0 Å². The maximum atomic E-state index is 7.09. The molecule has 30 heavy (non-hydrogen) atoms. The van der Waals surface area contributed by atoms with Gasteiger partial charge < -0.3 is 5.73 Å². The fraction of sp³-hybridized carbons (Fsp3) is 1.00. The Balaban J connectivity index is 0. The third kappa shape index (κ3) is 17.9. The van der Waals surface area contributed by atoms with Gasteiger partial charge in [-0.1, -0.05) is 143 Å². The Kier molecular flexibility index (Phi) is 25.8. The van der Waals surface area contributed by atoms with E-state index >= 15 is 0 Å². The molecule has 1 unspecified atom stereocenters. The minimum absolute atomic E-state index is 0. The average Bonchev–Trinajstić information content (AvgIpc) is 2.73. The topological polar surface area (TPSA) is 26.0 Å². The van der Waals surface area contributed by atoms with Gasteiger partial charge in [0, 0.05) is 5.54 Å². The van der Waals surface area contributed by atoms with E-state index in [1.807, 2.05) is 0 Å². The van der Waals surface area contributed by atoms with Gasteiger partial charge in [0.2, 0.25) is 0 Å². The second-order valence-electron chi connectivity index (χ2n) is 9.96. The van der Waals surface area contributed by atoms with Crippen molar-refractivity contribution in [3.05, 3.63) is 0 Å². The van der Waals surface area contributed by atoms with Crippen LogP contribution in [0.25, 0.3) is 0 Å². The minimum atomic E-state index is 0. The molecule has 0 aliphatic carbocycles. The predicted molar refractivity (Wildman–Crippen MR) is 142 cm³/mol. The SMILES string of the molecule is CCCCCCCCCCCCCCC(CCCC)C(N)(CCCC)CCCC.Cl. The Labute approximate surface area is 198 Å². The van der Waals surface area contributed by atoms with Crippen LogP contribution >= 0.6 is 12.4 Å². The number of rotatable bonds is 23. The number of halogens is 1. The van der Waals surface area contributed by atoms with Crippen LogP contribution < -0.4 is 5.73 Å². The molecule has 0 aromatic carbocycles. The highest BCUT2D eigenvalue weighted by molar-refractivity contribution is 5.85. The summed E-state index contributed by atoms with van der Waals surface area (Å²) in [4.78, 5) is 0. The van der Waals surface area contributed by atoms with Crippen molar-refractivity contribution in [1.82, 2.24) is 0 Å². The van der Waals surface area contributed by atoms with Crippen molar-refractivity contribution in [1.29, 1.82) is 0 Å². The number of nitrogens with two attached hydrogens (primary N) is 1. The summed E-state index contributed by atoms with van der Waals surface area (Å²) in [6, 6.07) is 0. The smallest absolute Gasteiger partial charge is 0.0182 e. The van der Waals surface area contributed by atoms with Crippen LogP contribution in [0.2, 0.25) is 0 Å². The second kappa shape index (κ2) is 23.9. The molecule has 1 nitrogen and oxygen atoms in total. The Hall–Kier alpha value is 0.250. The van der Waals surface area contributed by atoms with Gasteiger partial charge in [0.1, 0.15) is 0 Å². The van der Waals surface area contributed by atoms with Crippen LogP contribution in [0.5, 0.6) is 0 Å². The summed E-state index contributed by atoms with van der Waals surface area (Å²) >= 11 is 0. The van der Waals surface area contributed by atoms with Gasteiger partial charge in [-0.05, 0) is 31.6 Å². The Morgan fingerprint density at radius 3 is 1.20 bits per heavy atom. The first-order valence-corrected chi connectivity index (χ1v) is 13.9. The maximum Gasteiger partial charge on any atom is 0.0182 e. The Bertz CT molecular complexity index is 310. The first-order chi connectivity index (χ1) is 14.1. The standard InChI is InChI=1S/C28H59N.ClH/c1-5-9-13-14-15-16-17-18-19-20-21-22-24-27(23-10-6-2)28(29,25-11-7-3)26-12-8-4;/h27H,5-26,29H2,1-4H3;1H. The summed E-state index contributed by atoms with van der Waals surface area (Å²) in [5.41, 5.74) is 7.20. The van der Waals surface area contributed by atoms with Gasteiger partial charge in [-0.25, -0.2) is 0 Å². The molecule has 0 aliphatic rings. The monoisotopic (exact) mass is 445 g/mol. The molecule has 0 fully saturated rings. The molecule has 0 aromatic heterocycles. The first-order valence-electron chi connectivity index (χ1n) is 13.9. The van der Waals surface area contributed by atoms with E-state index in [2.05, 4.69) is 27.7 Å². The third-order valence-electron chi connectivity index (χ3n) is 7.12. The van der Waals surface area contributed by atoms with Crippen LogP contribution in [0, 0.1) is 5.92 Å². The summed E-state index contributed by atoms with van der Waals surface area (Å²) in [6.45, 7) is 9.26. The molecule has 0 heterocycles. The Morgan fingerprint density at radius 2 is 0.800 bits per heavy atom. The number of hydrogen-bond donors (Lipinski definition) is 1. The fourth-order valence-corrected chi connectivity index (χ4v) is 4.95. The van der Waals surface area contributed by atoms with E-state index in [0.717, 1.165) is 5.92 Å². The van der Waals surface area contributed by atoms with Gasteiger partial charge in [0.05, 0.1) is 0 Å². The van der Waals surface area contributed by atoms with Crippen molar-refractivity contribution in [2.45, 2.75) is 174 Å². The zero-order valence-corrected chi connectivity index (χ0v) is 22.4. The number of unbranched alkanes of at least 4 members (excludes halogenated alkanes) is 14. The highest BCUT2D eigenvalue weighted by Gasteiger charge is 2.32. The van der Waals surface area contributed by atoms with E-state index in [-0.39, 0.29) is 17.9 Å². The molecule has 0 amide bonds. The van der Waals surface area contributed by atoms with Gasteiger partial charge in [-0.15, -0.1) is 12.4 Å². The summed E-state index contributed by atoms with van der Waals surface area (Å²) in [5.74, 6) is 0.753. The molecule has 1 atom stereocenters. The van der Waals surface area contributed by atoms with E-state index in [9.17, 15) is 0 Å². The van der Waals surface area contributed by atoms with Gasteiger partial charge in [-0.2, -0.15) is 0 Å². The highest BCUT2D eigenvalue weighted by atomic mass is 35.5. The van der Waals surface area contributed by atoms with Crippen molar-refractivity contribution in [3.8, 4) is 0 Å². The lowest BCUT2D eigenvalue weighted by atomic mass is 9.72. The lowest BCUT2D eigenvalue weighted by Gasteiger charge is -2.39. The molecule has 0 aromatic rings. The van der Waals surface area contributed by atoms with Crippen molar-refractivity contribution < 1.29 is 0 Å². The molecular formula is C28H60ClN. The maximum absolute atomic E-state index is 7.09. The van der Waals surface area contributed by atoms with Crippen LogP contribution in [0.15, 0.2) is 0 Å². The van der Waals surface area contributed by atoms with Crippen molar-refractivity contribution in [2.24, 2.45) is 11.7 Å². The van der Waals surface area contributed by atoms with Crippen LogP contribution in [0.1, 0.15) is 169 Å². The lowest BCUT2D eigenvalue weighted by Crippen LogP contribution is -2.47. The number of hydrogen-bond acceptors (Lipinski definition) is 1. The molecule has 0 radical (unpaired) electrons. The minimum Gasteiger partial charge on any atom is -0.325 e. The quantitative estimate of drug-likeness (QED) is 0.155. The van der Waals surface area contributed by atoms with Gasteiger partial charge >= 0.3 is 0 Å². The average molecular weight is 446 g/mol. The molecule has 2 N–H and O–H groups in total. The molecule has 2 heteroatoms. The normalized spacial score (nSPS) is 12.7. The lowest BCUT2D eigenvalue weighted by molar-refractivity contribution is 0.193. The molecule has 0 saturated carbocycles. The van der Waals surface area contributed by atoms with E-state index < -0.39 is 0 Å². The summed E-state index contributed by atoms with van der Waals surface area (Å²) in [5, 5.41) is 0. The van der Waals surface area contributed by atoms with Crippen LogP contribution in [-0.2, 0) is 0 Å². The zero-order valence-electron chi connectivity index (χ0n) is 21.6. The highest BCUT2D eigenvalue weighted by Crippen LogP contribution is 2.34. The third-order valence-corrected chi connectivity index (χ3v) is 7.12. The molecule has 0 spiro atoms. The van der Waals surface area contributed by atoms with E-state index in [4.69, 9.17) is 5.73 Å². The van der Waals surface area contributed by atoms with Crippen LogP contribution in [-0.4, -0.2) is 5.54 Å². The van der Waals surface area contributed by atoms with Gasteiger partial charge in [0.25, 0.3) is 0 Å². The predicted octanol–water partition coefficient (Wildman–Crippen LogP) is 10.4. The van der Waals surface area contributed by atoms with Crippen molar-refractivity contribution in [2.75, 3.05) is 0 Å². The molecular weight excluding hydrogens is 386 g/mol. The largest absolute Gasteiger partial charge is 0.325 e.